The van der Waals surface area contributed by atoms with Gasteiger partial charge in [0.15, 0.2) is 16.6 Å². The number of benzene rings is 2. The van der Waals surface area contributed by atoms with Crippen LogP contribution in [-0.4, -0.2) is 55.4 Å². The van der Waals surface area contributed by atoms with Gasteiger partial charge in [-0.15, -0.1) is 0 Å². The highest BCUT2D eigenvalue weighted by Crippen LogP contribution is 2.38. The van der Waals surface area contributed by atoms with Crippen LogP contribution in [0.5, 0.6) is 11.5 Å². The molecule has 1 amide bonds. The zero-order chi connectivity index (χ0) is 28.3. The second-order valence-corrected chi connectivity index (χ2v) is 12.5. The molecule has 11 heteroatoms. The zero-order valence-corrected chi connectivity index (χ0v) is 24.4. The van der Waals surface area contributed by atoms with Crippen LogP contribution in [0.2, 0.25) is 0 Å². The number of carbonyl (C=O) groups is 1. The number of hydrogen-bond donors (Lipinski definition) is 0. The number of anilines is 1. The van der Waals surface area contributed by atoms with Crippen LogP contribution in [0.4, 0.5) is 5.13 Å². The molecular formula is C29H32N4O5S2. The summed E-state index contributed by atoms with van der Waals surface area (Å²) in [6, 6.07) is 13.6. The van der Waals surface area contributed by atoms with E-state index in [0.717, 1.165) is 35.9 Å². The van der Waals surface area contributed by atoms with E-state index in [9.17, 15) is 13.2 Å². The molecule has 1 aliphatic rings. The van der Waals surface area contributed by atoms with Gasteiger partial charge in [0, 0.05) is 42.7 Å². The Labute approximate surface area is 238 Å². The highest BCUT2D eigenvalue weighted by molar-refractivity contribution is 7.89. The third-order valence-electron chi connectivity index (χ3n) is 7.17. The molecular weight excluding hydrogens is 548 g/mol. The summed E-state index contributed by atoms with van der Waals surface area (Å²) >= 11 is 1.36. The molecule has 1 aliphatic heterocycles. The number of aromatic nitrogens is 2. The molecule has 210 valence electrons. The average molecular weight is 581 g/mol. The van der Waals surface area contributed by atoms with Gasteiger partial charge in [-0.05, 0) is 55.2 Å². The molecule has 2 aromatic heterocycles. The Balaban J connectivity index is 1.48. The van der Waals surface area contributed by atoms with Gasteiger partial charge in [-0.25, -0.2) is 13.4 Å². The molecule has 40 heavy (non-hydrogen) atoms. The fourth-order valence-electron chi connectivity index (χ4n) is 5.02. The first kappa shape index (κ1) is 28.0. The fraction of sp³-hybridized carbons (Fsp3) is 0.345. The molecule has 1 atom stereocenters. The van der Waals surface area contributed by atoms with Gasteiger partial charge < -0.3 is 9.47 Å². The molecule has 9 nitrogen and oxygen atoms in total. The van der Waals surface area contributed by atoms with Gasteiger partial charge in [0.1, 0.15) is 0 Å². The van der Waals surface area contributed by atoms with Crippen molar-refractivity contribution in [2.75, 3.05) is 25.7 Å². The van der Waals surface area contributed by atoms with Crippen molar-refractivity contribution in [3.05, 3.63) is 72.1 Å². The van der Waals surface area contributed by atoms with E-state index in [0.29, 0.717) is 34.3 Å². The minimum Gasteiger partial charge on any atom is -0.493 e. The van der Waals surface area contributed by atoms with Gasteiger partial charge in [-0.3, -0.25) is 14.7 Å². The SMILES string of the molecule is CCC1CCCCN1S(=O)(=O)c1ccc(C(=O)N(Cc2cccnc2)c2nc3cc(OC)c(OC)cc3s2)cc1. The van der Waals surface area contributed by atoms with E-state index in [1.54, 1.807) is 54.0 Å². The lowest BCUT2D eigenvalue weighted by Gasteiger charge is -2.34. The Hall–Kier alpha value is -3.54. The molecule has 0 saturated carbocycles. The number of amides is 1. The maximum atomic E-state index is 13.9. The standard InChI is InChI=1S/C29H32N4O5S2/c1-4-22-9-5-6-15-33(22)40(35,36)23-12-10-21(11-13-23)28(34)32(19-20-8-7-14-30-18-20)29-31-24-16-25(37-2)26(38-3)17-27(24)39-29/h7-8,10-14,16-18,22H,4-6,9,15,19H2,1-3H3. The van der Waals surface area contributed by atoms with Crippen LogP contribution in [0.25, 0.3) is 10.2 Å². The number of hydrogen-bond acceptors (Lipinski definition) is 8. The number of nitrogens with zero attached hydrogens (tertiary/aromatic N) is 4. The molecule has 1 fully saturated rings. The van der Waals surface area contributed by atoms with Crippen molar-refractivity contribution in [2.45, 2.75) is 50.1 Å². The molecule has 1 saturated heterocycles. The molecule has 1 unspecified atom stereocenters. The lowest BCUT2D eigenvalue weighted by atomic mass is 10.0. The summed E-state index contributed by atoms with van der Waals surface area (Å²) in [4.78, 5) is 24.6. The summed E-state index contributed by atoms with van der Waals surface area (Å²) in [7, 11) is -0.518. The van der Waals surface area contributed by atoms with Gasteiger partial charge in [0.2, 0.25) is 10.0 Å². The molecule has 0 spiro atoms. The lowest BCUT2D eigenvalue weighted by molar-refractivity contribution is 0.0985. The van der Waals surface area contributed by atoms with Crippen LogP contribution in [-0.2, 0) is 16.6 Å². The van der Waals surface area contributed by atoms with E-state index in [4.69, 9.17) is 14.5 Å². The first-order valence-electron chi connectivity index (χ1n) is 13.2. The predicted molar refractivity (Wildman–Crippen MR) is 156 cm³/mol. The van der Waals surface area contributed by atoms with Crippen LogP contribution < -0.4 is 14.4 Å². The van der Waals surface area contributed by atoms with Crippen molar-refractivity contribution in [1.82, 2.24) is 14.3 Å². The van der Waals surface area contributed by atoms with Crippen molar-refractivity contribution >= 4 is 42.6 Å². The van der Waals surface area contributed by atoms with Gasteiger partial charge in [-0.2, -0.15) is 4.31 Å². The van der Waals surface area contributed by atoms with E-state index >= 15 is 0 Å². The normalized spacial score (nSPS) is 16.1. The van der Waals surface area contributed by atoms with E-state index in [1.165, 1.54) is 23.5 Å². The van der Waals surface area contributed by atoms with Gasteiger partial charge in [0.25, 0.3) is 5.91 Å². The number of piperidine rings is 1. The molecule has 5 rings (SSSR count). The molecule has 0 bridgehead atoms. The molecule has 3 heterocycles. The number of thiazole rings is 1. The van der Waals surface area contributed by atoms with Crippen LogP contribution in [0.3, 0.4) is 0 Å². The summed E-state index contributed by atoms with van der Waals surface area (Å²) in [6.45, 7) is 2.78. The first-order valence-corrected chi connectivity index (χ1v) is 15.5. The van der Waals surface area contributed by atoms with E-state index < -0.39 is 10.0 Å². The van der Waals surface area contributed by atoms with Crippen molar-refractivity contribution in [2.24, 2.45) is 0 Å². The third-order valence-corrected chi connectivity index (χ3v) is 10.2. The number of sulfonamides is 1. The zero-order valence-electron chi connectivity index (χ0n) is 22.7. The summed E-state index contributed by atoms with van der Waals surface area (Å²) in [6.07, 6.45) is 6.93. The molecule has 0 radical (unpaired) electrons. The monoisotopic (exact) mass is 580 g/mol. The second kappa shape index (κ2) is 11.9. The summed E-state index contributed by atoms with van der Waals surface area (Å²) in [5.41, 5.74) is 1.87. The Morgan fingerprint density at radius 3 is 2.52 bits per heavy atom. The average Bonchev–Trinajstić information content (AvgIpc) is 3.42. The number of pyridine rings is 1. The highest BCUT2D eigenvalue weighted by atomic mass is 32.2. The Morgan fingerprint density at radius 2 is 1.85 bits per heavy atom. The fourth-order valence-corrected chi connectivity index (χ4v) is 7.76. The van der Waals surface area contributed by atoms with E-state index in [-0.39, 0.29) is 23.4 Å². The largest absolute Gasteiger partial charge is 0.493 e. The quantitative estimate of drug-likeness (QED) is 0.257. The van der Waals surface area contributed by atoms with Gasteiger partial charge in [-0.1, -0.05) is 30.7 Å². The van der Waals surface area contributed by atoms with Crippen molar-refractivity contribution < 1.29 is 22.7 Å². The van der Waals surface area contributed by atoms with Crippen LogP contribution >= 0.6 is 11.3 Å². The molecule has 0 aliphatic carbocycles. The Bertz CT molecular complexity index is 1550. The second-order valence-electron chi connectivity index (χ2n) is 9.62. The molecule has 0 N–H and O–H groups in total. The van der Waals surface area contributed by atoms with Crippen LogP contribution in [0.1, 0.15) is 48.5 Å². The topological polar surface area (TPSA) is 102 Å². The van der Waals surface area contributed by atoms with E-state index in [1.807, 2.05) is 25.1 Å². The molecule has 4 aromatic rings. The molecule has 2 aromatic carbocycles. The maximum Gasteiger partial charge on any atom is 0.260 e. The van der Waals surface area contributed by atoms with Crippen molar-refractivity contribution in [3.63, 3.8) is 0 Å². The number of methoxy groups -OCH3 is 2. The first-order chi connectivity index (χ1) is 19.3. The lowest BCUT2D eigenvalue weighted by Crippen LogP contribution is -2.43. The number of carbonyl (C=O) groups excluding carboxylic acids is 1. The van der Waals surface area contributed by atoms with Gasteiger partial charge >= 0.3 is 0 Å². The van der Waals surface area contributed by atoms with Crippen LogP contribution in [0.15, 0.2) is 65.8 Å². The maximum absolute atomic E-state index is 13.9. The summed E-state index contributed by atoms with van der Waals surface area (Å²) < 4.78 is 40.2. The van der Waals surface area contributed by atoms with E-state index in [2.05, 4.69) is 4.98 Å². The minimum atomic E-state index is -3.65. The predicted octanol–water partition coefficient (Wildman–Crippen LogP) is 5.51. The Kier molecular flexibility index (Phi) is 8.34. The number of ether oxygens (including phenoxy) is 2. The number of fused-ring (bicyclic) bond motifs is 1. The van der Waals surface area contributed by atoms with Crippen molar-refractivity contribution in [1.29, 1.82) is 0 Å². The summed E-state index contributed by atoms with van der Waals surface area (Å²) in [5.74, 6) is 0.828. The smallest absolute Gasteiger partial charge is 0.260 e. The number of rotatable bonds is 9. The Morgan fingerprint density at radius 1 is 1.10 bits per heavy atom. The van der Waals surface area contributed by atoms with Gasteiger partial charge in [0.05, 0.1) is 35.9 Å². The van der Waals surface area contributed by atoms with Crippen molar-refractivity contribution in [3.8, 4) is 11.5 Å². The minimum absolute atomic E-state index is 0.00585. The van der Waals surface area contributed by atoms with Crippen LogP contribution in [0, 0.1) is 0 Å². The highest BCUT2D eigenvalue weighted by Gasteiger charge is 2.33. The third kappa shape index (κ3) is 5.54. The summed E-state index contributed by atoms with van der Waals surface area (Å²) in [5, 5.41) is 0.495.